The maximum atomic E-state index is 12.4. The molecule has 0 aromatic heterocycles. The minimum Gasteiger partial charge on any atom is -0.493 e. The van der Waals surface area contributed by atoms with Crippen molar-refractivity contribution in [2.45, 2.75) is 19.3 Å². The fourth-order valence-corrected chi connectivity index (χ4v) is 3.78. The second-order valence-electron chi connectivity index (χ2n) is 8.62. The van der Waals surface area contributed by atoms with Gasteiger partial charge in [-0.15, -0.1) is 0 Å². The molecule has 0 atom stereocenters. The number of hydrogen-bond donors (Lipinski definition) is 3. The molecular weight excluding hydrogens is 462 g/mol. The predicted molar refractivity (Wildman–Crippen MR) is 149 cm³/mol. The zero-order valence-electron chi connectivity index (χ0n) is 20.7. The van der Waals surface area contributed by atoms with Gasteiger partial charge in [-0.2, -0.15) is 0 Å². The van der Waals surface area contributed by atoms with E-state index in [2.05, 4.69) is 28.1 Å². The van der Waals surface area contributed by atoms with Gasteiger partial charge in [-0.3, -0.25) is 9.59 Å². The number of carbonyl (C=O) groups excluding carboxylic acids is 2. The fraction of sp³-hybridized carbons (Fsp3) is 0.161. The van der Waals surface area contributed by atoms with Crippen LogP contribution in [0.15, 0.2) is 109 Å². The summed E-state index contributed by atoms with van der Waals surface area (Å²) in [7, 11) is 0. The third-order valence-electron chi connectivity index (χ3n) is 5.73. The molecule has 3 N–H and O–H groups in total. The zero-order chi connectivity index (χ0) is 25.7. The minimum atomic E-state index is -0.171. The second-order valence-corrected chi connectivity index (χ2v) is 8.62. The van der Waals surface area contributed by atoms with Crippen molar-refractivity contribution in [1.82, 2.24) is 0 Å². The number of anilines is 3. The number of nitrogens with one attached hydrogen (secondary N) is 3. The molecule has 0 aliphatic carbocycles. The highest BCUT2D eigenvalue weighted by Gasteiger charge is 2.06. The van der Waals surface area contributed by atoms with Crippen LogP contribution >= 0.6 is 0 Å². The Bertz CT molecular complexity index is 1280. The van der Waals surface area contributed by atoms with E-state index in [1.165, 1.54) is 5.56 Å². The molecule has 0 bridgehead atoms. The van der Waals surface area contributed by atoms with Gasteiger partial charge in [-0.05, 0) is 53.9 Å². The molecule has 0 aliphatic rings. The van der Waals surface area contributed by atoms with E-state index in [1.54, 1.807) is 24.3 Å². The maximum absolute atomic E-state index is 12.4. The van der Waals surface area contributed by atoms with E-state index in [0.29, 0.717) is 30.8 Å². The first kappa shape index (κ1) is 25.5. The van der Waals surface area contributed by atoms with Crippen LogP contribution in [0, 0.1) is 0 Å². The van der Waals surface area contributed by atoms with Crippen LogP contribution in [0.3, 0.4) is 0 Å². The molecule has 0 radical (unpaired) electrons. The van der Waals surface area contributed by atoms with Crippen LogP contribution in [-0.4, -0.2) is 25.0 Å². The van der Waals surface area contributed by atoms with Crippen molar-refractivity contribution in [1.29, 1.82) is 0 Å². The van der Waals surface area contributed by atoms with Crippen molar-refractivity contribution < 1.29 is 14.3 Å². The highest BCUT2D eigenvalue weighted by atomic mass is 16.5. The summed E-state index contributed by atoms with van der Waals surface area (Å²) in [6.07, 6.45) is 1.93. The van der Waals surface area contributed by atoms with Crippen LogP contribution in [0.2, 0.25) is 0 Å². The van der Waals surface area contributed by atoms with E-state index in [0.717, 1.165) is 23.4 Å². The van der Waals surface area contributed by atoms with Crippen LogP contribution in [0.1, 0.15) is 17.5 Å². The number of hydrogen-bond acceptors (Lipinski definition) is 4. The number of amides is 2. The molecule has 0 fully saturated rings. The Kier molecular flexibility index (Phi) is 9.30. The molecule has 4 aromatic rings. The Hall–Kier alpha value is -4.58. The van der Waals surface area contributed by atoms with Gasteiger partial charge in [0.15, 0.2) is 0 Å². The van der Waals surface area contributed by atoms with Crippen molar-refractivity contribution in [3.8, 4) is 5.75 Å². The van der Waals surface area contributed by atoms with Gasteiger partial charge in [0.1, 0.15) is 5.75 Å². The number of benzene rings is 4. The van der Waals surface area contributed by atoms with Gasteiger partial charge in [-0.1, -0.05) is 66.7 Å². The van der Waals surface area contributed by atoms with Gasteiger partial charge in [-0.25, -0.2) is 0 Å². The first-order valence-electron chi connectivity index (χ1n) is 12.4. The molecule has 0 heterocycles. The van der Waals surface area contributed by atoms with E-state index in [4.69, 9.17) is 4.74 Å². The summed E-state index contributed by atoms with van der Waals surface area (Å²) < 4.78 is 5.86. The van der Waals surface area contributed by atoms with E-state index < -0.39 is 0 Å². The summed E-state index contributed by atoms with van der Waals surface area (Å²) in [5.74, 6) is 0.536. The second kappa shape index (κ2) is 13.5. The molecule has 37 heavy (non-hydrogen) atoms. The number of rotatable bonds is 12. The minimum absolute atomic E-state index is 0.0453. The predicted octanol–water partition coefficient (Wildman–Crippen LogP) is 5.93. The summed E-state index contributed by atoms with van der Waals surface area (Å²) in [5.41, 5.74) is 4.52. The quantitative estimate of drug-likeness (QED) is 0.229. The van der Waals surface area contributed by atoms with Gasteiger partial charge < -0.3 is 20.7 Å². The van der Waals surface area contributed by atoms with Crippen LogP contribution < -0.4 is 20.7 Å². The molecule has 0 spiro atoms. The average Bonchev–Trinajstić information content (AvgIpc) is 2.93. The normalized spacial score (nSPS) is 10.4. The number of aryl methyl sites for hydroxylation is 1. The standard InChI is InChI=1S/C31H31N3O3/c35-30(19-14-24-8-3-1-4-9-24)33-26-15-17-27(18-16-26)34-31(36)23-32-28-12-7-13-29(22-28)37-21-20-25-10-5-2-6-11-25/h1-13,15-18,22,32H,14,19-21,23H2,(H,33,35)(H,34,36). The largest absolute Gasteiger partial charge is 0.493 e. The van der Waals surface area contributed by atoms with Gasteiger partial charge in [0.05, 0.1) is 13.2 Å². The molecule has 6 heteroatoms. The third kappa shape index (κ3) is 8.85. The molecule has 2 amide bonds. The molecule has 0 aliphatic heterocycles. The first-order valence-corrected chi connectivity index (χ1v) is 12.4. The lowest BCUT2D eigenvalue weighted by Gasteiger charge is -2.11. The van der Waals surface area contributed by atoms with E-state index in [1.807, 2.05) is 72.8 Å². The zero-order valence-corrected chi connectivity index (χ0v) is 20.7. The Balaban J connectivity index is 1.17. The Morgan fingerprint density at radius 3 is 1.84 bits per heavy atom. The topological polar surface area (TPSA) is 79.5 Å². The summed E-state index contributed by atoms with van der Waals surface area (Å²) >= 11 is 0. The Morgan fingerprint density at radius 1 is 0.595 bits per heavy atom. The highest BCUT2D eigenvalue weighted by Crippen LogP contribution is 2.18. The van der Waals surface area contributed by atoms with Gasteiger partial charge >= 0.3 is 0 Å². The third-order valence-corrected chi connectivity index (χ3v) is 5.73. The molecule has 0 saturated carbocycles. The van der Waals surface area contributed by atoms with Crippen LogP contribution in [0.4, 0.5) is 17.1 Å². The summed E-state index contributed by atoms with van der Waals surface area (Å²) in [6.45, 7) is 0.697. The SMILES string of the molecule is O=C(CCc1ccccc1)Nc1ccc(NC(=O)CNc2cccc(OCCc3ccccc3)c2)cc1. The molecule has 0 unspecified atom stereocenters. The summed E-state index contributed by atoms with van der Waals surface area (Å²) in [6, 6.07) is 34.8. The maximum Gasteiger partial charge on any atom is 0.243 e. The fourth-order valence-electron chi connectivity index (χ4n) is 3.78. The first-order chi connectivity index (χ1) is 18.1. The van der Waals surface area contributed by atoms with Crippen molar-refractivity contribution in [3.63, 3.8) is 0 Å². The van der Waals surface area contributed by atoms with Crippen LogP contribution in [0.25, 0.3) is 0 Å². The Morgan fingerprint density at radius 2 is 1.19 bits per heavy atom. The number of ether oxygens (including phenoxy) is 1. The Labute approximate surface area is 217 Å². The average molecular weight is 494 g/mol. The molecule has 0 saturated heterocycles. The van der Waals surface area contributed by atoms with Gasteiger partial charge in [0, 0.05) is 36.0 Å². The molecule has 6 nitrogen and oxygen atoms in total. The lowest BCUT2D eigenvalue weighted by atomic mass is 10.1. The lowest BCUT2D eigenvalue weighted by Crippen LogP contribution is -2.21. The van der Waals surface area contributed by atoms with Crippen molar-refractivity contribution >= 4 is 28.9 Å². The number of carbonyl (C=O) groups is 2. The van der Waals surface area contributed by atoms with Crippen LogP contribution in [0.5, 0.6) is 5.75 Å². The molecule has 4 aromatic carbocycles. The molecule has 188 valence electrons. The lowest BCUT2D eigenvalue weighted by molar-refractivity contribution is -0.116. The monoisotopic (exact) mass is 493 g/mol. The van der Waals surface area contributed by atoms with Gasteiger partial charge in [0.25, 0.3) is 0 Å². The highest BCUT2D eigenvalue weighted by molar-refractivity contribution is 5.94. The smallest absolute Gasteiger partial charge is 0.243 e. The van der Waals surface area contributed by atoms with E-state index in [9.17, 15) is 9.59 Å². The van der Waals surface area contributed by atoms with E-state index in [-0.39, 0.29) is 18.4 Å². The van der Waals surface area contributed by atoms with E-state index >= 15 is 0 Å². The van der Waals surface area contributed by atoms with Crippen molar-refractivity contribution in [3.05, 3.63) is 120 Å². The van der Waals surface area contributed by atoms with Gasteiger partial charge in [0.2, 0.25) is 11.8 Å². The molecule has 4 rings (SSSR count). The summed E-state index contributed by atoms with van der Waals surface area (Å²) in [4.78, 5) is 24.6. The van der Waals surface area contributed by atoms with Crippen molar-refractivity contribution in [2.24, 2.45) is 0 Å². The van der Waals surface area contributed by atoms with Crippen LogP contribution in [-0.2, 0) is 22.4 Å². The van der Waals surface area contributed by atoms with Crippen molar-refractivity contribution in [2.75, 3.05) is 29.1 Å². The summed E-state index contributed by atoms with van der Waals surface area (Å²) in [5, 5.41) is 8.88. The molecular formula is C31H31N3O3.